The Bertz CT molecular complexity index is 1080. The third-order valence-electron chi connectivity index (χ3n) is 4.80. The fourth-order valence-electron chi connectivity index (χ4n) is 3.41. The summed E-state index contributed by atoms with van der Waals surface area (Å²) in [5.74, 6) is 1.50. The van der Waals surface area contributed by atoms with Crippen molar-refractivity contribution in [3.05, 3.63) is 95.8 Å². The third-order valence-corrected chi connectivity index (χ3v) is 4.80. The summed E-state index contributed by atoms with van der Waals surface area (Å²) in [5, 5.41) is 2.96. The lowest BCUT2D eigenvalue weighted by Gasteiger charge is -2.27. The number of amides is 1. The van der Waals surface area contributed by atoms with Gasteiger partial charge in [0.2, 0.25) is 0 Å². The Labute approximate surface area is 176 Å². The zero-order chi connectivity index (χ0) is 21.1. The quantitative estimate of drug-likeness (QED) is 0.583. The normalized spacial score (nSPS) is 12.8. The van der Waals surface area contributed by atoms with Crippen LogP contribution in [-0.2, 0) is 6.54 Å². The highest BCUT2D eigenvalue weighted by Gasteiger charge is 2.23. The Balaban J connectivity index is 1.55. The molecule has 30 heavy (non-hydrogen) atoms. The SMILES string of the molecule is C=C1C=Cc2cc(C(=O)NCc3ccccc3)[nH]c2N1c1ccc(OC(C)C)cc1. The van der Waals surface area contributed by atoms with E-state index in [0.29, 0.717) is 12.2 Å². The summed E-state index contributed by atoms with van der Waals surface area (Å²) in [6, 6.07) is 19.6. The Morgan fingerprint density at radius 1 is 1.10 bits per heavy atom. The van der Waals surface area contributed by atoms with Gasteiger partial charge in [0.25, 0.3) is 5.91 Å². The molecule has 0 saturated carbocycles. The molecule has 0 unspecified atom stereocenters. The molecule has 3 aromatic rings. The summed E-state index contributed by atoms with van der Waals surface area (Å²) in [7, 11) is 0. The van der Waals surface area contributed by atoms with Crippen LogP contribution in [0.5, 0.6) is 5.75 Å². The standard InChI is InChI=1S/C25H25N3O2/c1-17(2)30-22-13-11-21(12-14-22)28-18(3)9-10-20-15-23(27-24(20)28)25(29)26-16-19-7-5-4-6-8-19/h4-15,17,27H,3,16H2,1-2H3,(H,26,29). The van der Waals surface area contributed by atoms with Crippen molar-refractivity contribution in [2.45, 2.75) is 26.5 Å². The van der Waals surface area contributed by atoms with Crippen LogP contribution in [0.1, 0.15) is 35.5 Å². The van der Waals surface area contributed by atoms with E-state index in [-0.39, 0.29) is 12.0 Å². The van der Waals surface area contributed by atoms with E-state index in [1.54, 1.807) is 0 Å². The number of benzene rings is 2. The molecule has 0 bridgehead atoms. The van der Waals surface area contributed by atoms with Crippen LogP contribution in [0.3, 0.4) is 0 Å². The van der Waals surface area contributed by atoms with Crippen molar-refractivity contribution in [1.29, 1.82) is 0 Å². The van der Waals surface area contributed by atoms with Gasteiger partial charge < -0.3 is 15.0 Å². The van der Waals surface area contributed by atoms with Crippen molar-refractivity contribution >= 4 is 23.5 Å². The molecule has 0 spiro atoms. The Hall–Kier alpha value is -3.73. The van der Waals surface area contributed by atoms with Crippen LogP contribution in [0.25, 0.3) is 6.08 Å². The number of aromatic nitrogens is 1. The van der Waals surface area contributed by atoms with Gasteiger partial charge in [-0.1, -0.05) is 36.9 Å². The first-order valence-corrected chi connectivity index (χ1v) is 10.0. The fourth-order valence-corrected chi connectivity index (χ4v) is 3.41. The van der Waals surface area contributed by atoms with Crippen molar-refractivity contribution in [2.75, 3.05) is 4.90 Å². The first kappa shape index (κ1) is 19.6. The van der Waals surface area contributed by atoms with Crippen molar-refractivity contribution in [1.82, 2.24) is 10.3 Å². The molecule has 1 aliphatic heterocycles. The van der Waals surface area contributed by atoms with Gasteiger partial charge in [0.1, 0.15) is 17.3 Å². The molecule has 0 radical (unpaired) electrons. The predicted octanol–water partition coefficient (Wildman–Crippen LogP) is 5.41. The lowest BCUT2D eigenvalue weighted by molar-refractivity contribution is 0.0946. The van der Waals surface area contributed by atoms with Gasteiger partial charge >= 0.3 is 0 Å². The highest BCUT2D eigenvalue weighted by molar-refractivity contribution is 5.96. The maximum atomic E-state index is 12.7. The monoisotopic (exact) mass is 399 g/mol. The smallest absolute Gasteiger partial charge is 0.268 e. The van der Waals surface area contributed by atoms with Gasteiger partial charge in [0, 0.05) is 23.5 Å². The van der Waals surface area contributed by atoms with Crippen LogP contribution in [0.4, 0.5) is 11.5 Å². The number of nitrogens with one attached hydrogen (secondary N) is 2. The lowest BCUT2D eigenvalue weighted by atomic mass is 10.1. The number of H-pyrrole nitrogens is 1. The van der Waals surface area contributed by atoms with Crippen LogP contribution in [0.15, 0.2) is 79.0 Å². The van der Waals surface area contributed by atoms with Gasteiger partial charge in [0.15, 0.2) is 0 Å². The molecule has 1 amide bonds. The van der Waals surface area contributed by atoms with E-state index >= 15 is 0 Å². The van der Waals surface area contributed by atoms with E-state index in [0.717, 1.165) is 34.1 Å². The fraction of sp³-hybridized carbons (Fsp3) is 0.160. The van der Waals surface area contributed by atoms with Gasteiger partial charge in [-0.2, -0.15) is 0 Å². The van der Waals surface area contributed by atoms with Crippen molar-refractivity contribution in [3.8, 4) is 5.75 Å². The van der Waals surface area contributed by atoms with Crippen LogP contribution < -0.4 is 15.0 Å². The van der Waals surface area contributed by atoms with Crippen LogP contribution in [0.2, 0.25) is 0 Å². The van der Waals surface area contributed by atoms with E-state index in [1.165, 1.54) is 0 Å². The van der Waals surface area contributed by atoms with Gasteiger partial charge in [-0.25, -0.2) is 0 Å². The molecule has 2 aromatic carbocycles. The minimum absolute atomic E-state index is 0.121. The number of aromatic amines is 1. The second-order valence-electron chi connectivity index (χ2n) is 7.48. The molecule has 2 heterocycles. The molecular weight excluding hydrogens is 374 g/mol. The number of hydrogen-bond donors (Lipinski definition) is 2. The van der Waals surface area contributed by atoms with Crippen molar-refractivity contribution < 1.29 is 9.53 Å². The summed E-state index contributed by atoms with van der Waals surface area (Å²) in [4.78, 5) is 18.0. The summed E-state index contributed by atoms with van der Waals surface area (Å²) < 4.78 is 5.74. The van der Waals surface area contributed by atoms with Crippen LogP contribution in [-0.4, -0.2) is 17.0 Å². The molecule has 4 rings (SSSR count). The number of ether oxygens (including phenoxy) is 1. The Kier molecular flexibility index (Phi) is 5.44. The minimum Gasteiger partial charge on any atom is -0.491 e. The predicted molar refractivity (Wildman–Crippen MR) is 121 cm³/mol. The molecule has 0 saturated heterocycles. The highest BCUT2D eigenvalue weighted by Crippen LogP contribution is 2.37. The number of hydrogen-bond acceptors (Lipinski definition) is 3. The Morgan fingerprint density at radius 2 is 1.83 bits per heavy atom. The van der Waals surface area contributed by atoms with Crippen LogP contribution in [0, 0.1) is 0 Å². The van der Waals surface area contributed by atoms with Gasteiger partial charge in [-0.15, -0.1) is 0 Å². The zero-order valence-corrected chi connectivity index (χ0v) is 17.2. The molecule has 5 nitrogen and oxygen atoms in total. The number of carbonyl (C=O) groups excluding carboxylic acids is 1. The second kappa shape index (κ2) is 8.33. The molecule has 152 valence electrons. The van der Waals surface area contributed by atoms with E-state index in [4.69, 9.17) is 4.74 Å². The number of allylic oxidation sites excluding steroid dienone is 1. The number of rotatable bonds is 6. The van der Waals surface area contributed by atoms with Gasteiger partial charge in [-0.3, -0.25) is 9.69 Å². The van der Waals surface area contributed by atoms with E-state index in [2.05, 4.69) is 16.9 Å². The summed E-state index contributed by atoms with van der Waals surface area (Å²) >= 11 is 0. The second-order valence-corrected chi connectivity index (χ2v) is 7.48. The number of carbonyl (C=O) groups is 1. The van der Waals surface area contributed by atoms with Crippen molar-refractivity contribution in [3.63, 3.8) is 0 Å². The Morgan fingerprint density at radius 3 is 2.53 bits per heavy atom. The molecule has 1 aromatic heterocycles. The largest absolute Gasteiger partial charge is 0.491 e. The molecule has 2 N–H and O–H groups in total. The molecule has 5 heteroatoms. The average molecular weight is 399 g/mol. The topological polar surface area (TPSA) is 57.4 Å². The van der Waals surface area contributed by atoms with E-state index in [1.807, 2.05) is 91.6 Å². The highest BCUT2D eigenvalue weighted by atomic mass is 16.5. The van der Waals surface area contributed by atoms with E-state index in [9.17, 15) is 4.79 Å². The lowest BCUT2D eigenvalue weighted by Crippen LogP contribution is -2.23. The summed E-state index contributed by atoms with van der Waals surface area (Å²) in [6.45, 7) is 8.64. The van der Waals surface area contributed by atoms with Gasteiger partial charge in [-0.05, 0) is 61.9 Å². The first-order valence-electron chi connectivity index (χ1n) is 10.0. The van der Waals surface area contributed by atoms with Gasteiger partial charge in [0.05, 0.1) is 6.10 Å². The number of nitrogens with zero attached hydrogens (tertiary/aromatic N) is 1. The summed E-state index contributed by atoms with van der Waals surface area (Å²) in [5.41, 5.74) is 4.27. The van der Waals surface area contributed by atoms with E-state index < -0.39 is 0 Å². The van der Waals surface area contributed by atoms with Crippen LogP contribution >= 0.6 is 0 Å². The van der Waals surface area contributed by atoms with Crippen molar-refractivity contribution in [2.24, 2.45) is 0 Å². The number of fused-ring (bicyclic) bond motifs is 1. The minimum atomic E-state index is -0.145. The molecule has 0 atom stereocenters. The average Bonchev–Trinajstić information content (AvgIpc) is 3.17. The number of anilines is 2. The molecule has 0 aliphatic carbocycles. The molecule has 1 aliphatic rings. The third kappa shape index (κ3) is 4.15. The summed E-state index contributed by atoms with van der Waals surface area (Å²) in [6.07, 6.45) is 4.03. The maximum Gasteiger partial charge on any atom is 0.268 e. The molecular formula is C25H25N3O2. The molecule has 0 fully saturated rings. The first-order chi connectivity index (χ1) is 14.5. The maximum absolute atomic E-state index is 12.7. The zero-order valence-electron chi connectivity index (χ0n) is 17.2.